The van der Waals surface area contributed by atoms with Gasteiger partial charge in [-0.05, 0) is 97.4 Å². The number of imidazole rings is 1. The Labute approximate surface area is 323 Å². The first-order valence-electron chi connectivity index (χ1n) is 20.5. The molecular formula is C51H32N2S. The molecule has 0 aliphatic rings. The zero-order valence-corrected chi connectivity index (χ0v) is 29.7. The lowest BCUT2D eigenvalue weighted by Crippen LogP contribution is -1.98. The van der Waals surface area contributed by atoms with E-state index in [2.05, 4.69) is 121 Å². The summed E-state index contributed by atoms with van der Waals surface area (Å²) in [5, 5.41) is 7.13. The van der Waals surface area contributed by atoms with E-state index in [9.17, 15) is 0 Å². The van der Waals surface area contributed by atoms with Gasteiger partial charge in [0.05, 0.1) is 17.9 Å². The number of rotatable bonds is 5. The van der Waals surface area contributed by atoms with Gasteiger partial charge in [-0.2, -0.15) is 0 Å². The van der Waals surface area contributed by atoms with Crippen LogP contribution in [0, 0.1) is 0 Å². The van der Waals surface area contributed by atoms with Crippen LogP contribution in [0.4, 0.5) is 0 Å². The van der Waals surface area contributed by atoms with Crippen molar-refractivity contribution in [1.82, 2.24) is 9.55 Å². The number of fused-ring (bicyclic) bond motifs is 6. The minimum atomic E-state index is -0.433. The second-order valence-electron chi connectivity index (χ2n) is 13.5. The Morgan fingerprint density at radius 1 is 0.463 bits per heavy atom. The van der Waals surface area contributed by atoms with Crippen molar-refractivity contribution in [2.24, 2.45) is 0 Å². The molecule has 0 bridgehead atoms. The number of aromatic nitrogens is 2. The van der Waals surface area contributed by atoms with Gasteiger partial charge in [0.2, 0.25) is 0 Å². The highest BCUT2D eigenvalue weighted by Gasteiger charge is 2.21. The van der Waals surface area contributed by atoms with Gasteiger partial charge >= 0.3 is 0 Å². The second kappa shape index (κ2) is 12.4. The Kier molecular flexibility index (Phi) is 5.98. The highest BCUT2D eigenvalue weighted by atomic mass is 32.1. The van der Waals surface area contributed by atoms with Crippen LogP contribution in [0.3, 0.4) is 0 Å². The van der Waals surface area contributed by atoms with Crippen molar-refractivity contribution in [1.29, 1.82) is 0 Å². The van der Waals surface area contributed by atoms with Crippen molar-refractivity contribution < 1.29 is 6.85 Å². The van der Waals surface area contributed by atoms with Crippen molar-refractivity contribution in [3.63, 3.8) is 0 Å². The lowest BCUT2D eigenvalue weighted by atomic mass is 9.84. The van der Waals surface area contributed by atoms with Gasteiger partial charge in [-0.15, -0.1) is 11.3 Å². The molecule has 0 saturated heterocycles. The van der Waals surface area contributed by atoms with Crippen molar-refractivity contribution in [2.45, 2.75) is 0 Å². The van der Waals surface area contributed by atoms with Gasteiger partial charge < -0.3 is 0 Å². The Balaban J connectivity index is 1.17. The summed E-state index contributed by atoms with van der Waals surface area (Å²) in [5.74, 6) is 0.291. The molecule has 0 saturated carbocycles. The number of hydrogen-bond acceptors (Lipinski definition) is 2. The Bertz CT molecular complexity index is 3470. The van der Waals surface area contributed by atoms with E-state index in [-0.39, 0.29) is 17.6 Å². The Morgan fingerprint density at radius 2 is 1.13 bits per heavy atom. The van der Waals surface area contributed by atoms with Crippen LogP contribution in [0.5, 0.6) is 0 Å². The molecule has 0 amide bonds. The summed E-state index contributed by atoms with van der Waals surface area (Å²) in [6, 6.07) is 55.6. The summed E-state index contributed by atoms with van der Waals surface area (Å²) in [6.07, 6.45) is 0. The molecule has 252 valence electrons. The van der Waals surface area contributed by atoms with Crippen LogP contribution in [0.25, 0.3) is 103 Å². The van der Waals surface area contributed by atoms with Crippen LogP contribution in [-0.4, -0.2) is 9.55 Å². The zero-order valence-electron chi connectivity index (χ0n) is 33.9. The molecule has 0 spiro atoms. The third-order valence-corrected chi connectivity index (χ3v) is 11.6. The number of benzene rings is 9. The highest BCUT2D eigenvalue weighted by Crippen LogP contribution is 2.48. The summed E-state index contributed by atoms with van der Waals surface area (Å²) in [6.45, 7) is 0. The van der Waals surface area contributed by atoms with Crippen LogP contribution in [-0.2, 0) is 0 Å². The molecule has 2 heterocycles. The standard InChI is InChI=1S/C51H32N2S/c1-3-14-33(15-4-1)36-28-31-40-43(32-36)49(42-21-13-25-47-50(42)41-20-9-12-24-46(41)54-47)39-19-8-7-18-38(39)48(40)34-26-29-37(30-27-34)53-45-23-11-10-22-44(45)52-51(53)35-16-5-2-6-17-35/h1-32H/i2D,5D,6D,16D,17D. The fourth-order valence-electron chi connectivity index (χ4n) is 8.17. The summed E-state index contributed by atoms with van der Waals surface area (Å²) in [7, 11) is 0. The molecule has 11 rings (SSSR count). The topological polar surface area (TPSA) is 17.8 Å². The van der Waals surface area contributed by atoms with Gasteiger partial charge in [0.25, 0.3) is 0 Å². The maximum absolute atomic E-state index is 8.80. The second-order valence-corrected chi connectivity index (χ2v) is 14.6. The van der Waals surface area contributed by atoms with Crippen molar-refractivity contribution in [3.8, 4) is 50.5 Å². The van der Waals surface area contributed by atoms with Crippen LogP contribution >= 0.6 is 11.3 Å². The quantitative estimate of drug-likeness (QED) is 0.163. The van der Waals surface area contributed by atoms with Gasteiger partial charge in [0, 0.05) is 31.4 Å². The van der Waals surface area contributed by atoms with Gasteiger partial charge in [-0.1, -0.05) is 152 Å². The Morgan fingerprint density at radius 3 is 1.96 bits per heavy atom. The molecule has 0 N–H and O–H groups in total. The maximum Gasteiger partial charge on any atom is 0.145 e. The van der Waals surface area contributed by atoms with Crippen LogP contribution in [0.2, 0.25) is 0 Å². The van der Waals surface area contributed by atoms with Gasteiger partial charge in [0.1, 0.15) is 5.82 Å². The lowest BCUT2D eigenvalue weighted by molar-refractivity contribution is 1.10. The molecule has 2 nitrogen and oxygen atoms in total. The van der Waals surface area contributed by atoms with Gasteiger partial charge in [0.15, 0.2) is 0 Å². The largest absolute Gasteiger partial charge is 0.292 e. The number of para-hydroxylation sites is 2. The summed E-state index contributed by atoms with van der Waals surface area (Å²) in [5.41, 5.74) is 9.11. The number of hydrogen-bond donors (Lipinski definition) is 0. The molecule has 0 unspecified atom stereocenters. The molecule has 11 aromatic rings. The lowest BCUT2D eigenvalue weighted by Gasteiger charge is -2.20. The fraction of sp³-hybridized carbons (Fsp3) is 0. The van der Waals surface area contributed by atoms with E-state index in [1.807, 2.05) is 58.4 Å². The molecule has 0 aliphatic carbocycles. The molecular weight excluding hydrogens is 673 g/mol. The zero-order chi connectivity index (χ0) is 39.9. The van der Waals surface area contributed by atoms with Crippen LogP contribution in [0.15, 0.2) is 194 Å². The molecule has 9 aromatic carbocycles. The van der Waals surface area contributed by atoms with E-state index in [4.69, 9.17) is 11.8 Å². The van der Waals surface area contributed by atoms with Crippen molar-refractivity contribution in [2.75, 3.05) is 0 Å². The molecule has 0 fully saturated rings. The minimum Gasteiger partial charge on any atom is -0.292 e. The van der Waals surface area contributed by atoms with Gasteiger partial charge in [-0.25, -0.2) is 4.98 Å². The van der Waals surface area contributed by atoms with Gasteiger partial charge in [-0.3, -0.25) is 4.57 Å². The summed E-state index contributed by atoms with van der Waals surface area (Å²) < 4.78 is 47.0. The molecule has 54 heavy (non-hydrogen) atoms. The predicted octanol–water partition coefficient (Wildman–Crippen LogP) is 14.4. The molecule has 0 aliphatic heterocycles. The van der Waals surface area contributed by atoms with E-state index in [0.717, 1.165) is 55.0 Å². The van der Waals surface area contributed by atoms with E-state index in [1.165, 1.54) is 31.3 Å². The first kappa shape index (κ1) is 26.0. The molecule has 2 aromatic heterocycles. The van der Waals surface area contributed by atoms with Crippen LogP contribution in [0.1, 0.15) is 6.85 Å². The first-order chi connectivity index (χ1) is 28.9. The van der Waals surface area contributed by atoms with E-state index < -0.39 is 18.1 Å². The number of thiophene rings is 1. The third kappa shape index (κ3) is 4.83. The SMILES string of the molecule is [2H]c1c([2H])c([2H])c(-c2nc3ccccc3n2-c2ccc(-c3c4ccccc4c(-c4cccc5sc6ccccc6c45)c4cc(-c5ccccc5)ccc34)cc2)c([2H])c1[2H]. The van der Waals surface area contributed by atoms with E-state index >= 15 is 0 Å². The highest BCUT2D eigenvalue weighted by molar-refractivity contribution is 7.25. The summed E-state index contributed by atoms with van der Waals surface area (Å²) in [4.78, 5) is 4.86. The van der Waals surface area contributed by atoms with E-state index in [1.54, 1.807) is 0 Å². The van der Waals surface area contributed by atoms with Crippen molar-refractivity contribution >= 4 is 64.1 Å². The average Bonchev–Trinajstić information content (AvgIpc) is 3.86. The fourth-order valence-corrected chi connectivity index (χ4v) is 9.30. The normalized spacial score (nSPS) is 13.0. The third-order valence-electron chi connectivity index (χ3n) is 10.5. The molecule has 0 radical (unpaired) electrons. The summed E-state index contributed by atoms with van der Waals surface area (Å²) >= 11 is 1.83. The van der Waals surface area contributed by atoms with Crippen molar-refractivity contribution in [3.05, 3.63) is 194 Å². The monoisotopic (exact) mass is 709 g/mol. The Hall–Kier alpha value is -6.81. The molecule has 3 heteroatoms. The predicted molar refractivity (Wildman–Crippen MR) is 231 cm³/mol. The molecule has 0 atom stereocenters. The minimum absolute atomic E-state index is 0.0616. The van der Waals surface area contributed by atoms with E-state index in [0.29, 0.717) is 11.3 Å². The maximum atomic E-state index is 8.80. The van der Waals surface area contributed by atoms with Crippen LogP contribution < -0.4 is 0 Å². The average molecular weight is 710 g/mol. The smallest absolute Gasteiger partial charge is 0.145 e. The number of nitrogens with zero attached hydrogens (tertiary/aromatic N) is 2. The first-order valence-corrected chi connectivity index (χ1v) is 18.8.